The molecular formula is C36H32N2O6. The van der Waals surface area contributed by atoms with Crippen LogP contribution in [0.3, 0.4) is 0 Å². The second kappa shape index (κ2) is 12.8. The fourth-order valence-electron chi connectivity index (χ4n) is 5.03. The van der Waals surface area contributed by atoms with Crippen LogP contribution in [0.2, 0.25) is 0 Å². The number of ether oxygens (including phenoxy) is 4. The zero-order valence-electron chi connectivity index (χ0n) is 25.0. The van der Waals surface area contributed by atoms with Crippen LogP contribution in [0.25, 0.3) is 33.7 Å². The van der Waals surface area contributed by atoms with Crippen LogP contribution in [0.1, 0.15) is 17.0 Å². The number of hydrogen-bond acceptors (Lipinski definition) is 8. The Morgan fingerprint density at radius 2 is 1.45 bits per heavy atom. The molecule has 0 spiro atoms. The molecule has 6 aromatic rings. The fraction of sp³-hybridized carbons (Fsp3) is 0.167. The molecule has 0 bridgehead atoms. The minimum atomic E-state index is 0.439. The summed E-state index contributed by atoms with van der Waals surface area (Å²) in [5.74, 6) is 4.37. The number of aliphatic imine (C=N–C) groups is 1. The van der Waals surface area contributed by atoms with E-state index < -0.39 is 0 Å². The maximum atomic E-state index is 6.41. The van der Waals surface area contributed by atoms with E-state index in [1.54, 1.807) is 39.7 Å². The predicted octanol–water partition coefficient (Wildman–Crippen LogP) is 8.46. The van der Waals surface area contributed by atoms with Crippen LogP contribution in [-0.4, -0.2) is 39.1 Å². The van der Waals surface area contributed by atoms with Crippen molar-refractivity contribution in [3.63, 3.8) is 0 Å². The highest BCUT2D eigenvalue weighted by Crippen LogP contribution is 2.41. The van der Waals surface area contributed by atoms with E-state index in [0.29, 0.717) is 58.9 Å². The Balaban J connectivity index is 1.27. The minimum absolute atomic E-state index is 0.439. The van der Waals surface area contributed by atoms with Crippen molar-refractivity contribution >= 4 is 22.9 Å². The molecule has 0 amide bonds. The minimum Gasteiger partial charge on any atom is -0.493 e. The summed E-state index contributed by atoms with van der Waals surface area (Å²) in [6, 6.07) is 29.3. The Morgan fingerprint density at radius 3 is 2.11 bits per heavy atom. The largest absolute Gasteiger partial charge is 0.493 e. The van der Waals surface area contributed by atoms with E-state index in [4.69, 9.17) is 32.8 Å². The highest BCUT2D eigenvalue weighted by molar-refractivity contribution is 6.05. The molecule has 4 aromatic carbocycles. The summed E-state index contributed by atoms with van der Waals surface area (Å²) in [5.41, 5.74) is 4.94. The van der Waals surface area contributed by atoms with Crippen molar-refractivity contribution in [2.45, 2.75) is 13.3 Å². The Morgan fingerprint density at radius 1 is 0.773 bits per heavy atom. The summed E-state index contributed by atoms with van der Waals surface area (Å²) in [5, 5.41) is 0.909. The van der Waals surface area contributed by atoms with Gasteiger partial charge in [0.1, 0.15) is 22.9 Å². The number of rotatable bonds is 11. The Bertz CT molecular complexity index is 1880. The smallest absolute Gasteiger partial charge is 0.226 e. The van der Waals surface area contributed by atoms with Crippen molar-refractivity contribution in [3.05, 3.63) is 108 Å². The molecule has 8 heteroatoms. The lowest BCUT2D eigenvalue weighted by Gasteiger charge is -2.12. The van der Waals surface area contributed by atoms with Gasteiger partial charge in [-0.2, -0.15) is 0 Å². The van der Waals surface area contributed by atoms with Gasteiger partial charge < -0.3 is 27.8 Å². The first-order valence-corrected chi connectivity index (χ1v) is 14.2. The number of benzene rings is 4. The van der Waals surface area contributed by atoms with Crippen molar-refractivity contribution < 1.29 is 27.8 Å². The van der Waals surface area contributed by atoms with Crippen LogP contribution in [0.5, 0.6) is 23.0 Å². The molecule has 0 unspecified atom stereocenters. The van der Waals surface area contributed by atoms with Gasteiger partial charge in [-0.3, -0.25) is 4.99 Å². The first-order chi connectivity index (χ1) is 21.6. The van der Waals surface area contributed by atoms with Gasteiger partial charge in [0.05, 0.1) is 39.3 Å². The van der Waals surface area contributed by atoms with Crippen LogP contribution in [0.15, 0.2) is 105 Å². The Hall–Kier alpha value is -5.50. The number of aryl methyl sites for hydroxylation is 1. The van der Waals surface area contributed by atoms with Gasteiger partial charge in [-0.25, -0.2) is 4.98 Å². The third kappa shape index (κ3) is 5.87. The Kier molecular flexibility index (Phi) is 8.32. The van der Waals surface area contributed by atoms with Gasteiger partial charge in [0, 0.05) is 52.9 Å². The van der Waals surface area contributed by atoms with E-state index in [1.165, 1.54) is 0 Å². The third-order valence-electron chi connectivity index (χ3n) is 7.25. The molecule has 2 heterocycles. The summed E-state index contributed by atoms with van der Waals surface area (Å²) in [4.78, 5) is 9.45. The zero-order valence-corrected chi connectivity index (χ0v) is 25.0. The molecule has 6 rings (SSSR count). The molecule has 44 heavy (non-hydrogen) atoms. The molecule has 222 valence electrons. The number of oxazole rings is 1. The van der Waals surface area contributed by atoms with Crippen LogP contribution < -0.4 is 18.9 Å². The molecule has 0 saturated carbocycles. The standard InChI is InChI=1S/C36H32N2O6/c1-23-30(38-36(43-23)25-13-9-6-10-14-25)17-18-42-27-15-16-28-29(34(44-31(28)21-27)24-11-7-5-8-12-24)22-37-26-19-32(39-2)35(41-4)33(20-26)40-3/h5-16,19-22H,17-18H2,1-4H3. The summed E-state index contributed by atoms with van der Waals surface area (Å²) in [7, 11) is 4.73. The summed E-state index contributed by atoms with van der Waals surface area (Å²) in [6.07, 6.45) is 2.41. The van der Waals surface area contributed by atoms with Gasteiger partial charge in [-0.05, 0) is 31.2 Å². The maximum absolute atomic E-state index is 6.41. The molecule has 0 fully saturated rings. The molecule has 0 aliphatic rings. The molecule has 0 N–H and O–H groups in total. The van der Waals surface area contributed by atoms with Crippen LogP contribution in [-0.2, 0) is 6.42 Å². The molecule has 0 radical (unpaired) electrons. The first-order valence-electron chi connectivity index (χ1n) is 14.2. The fourth-order valence-corrected chi connectivity index (χ4v) is 5.03. The van der Waals surface area contributed by atoms with Crippen molar-refractivity contribution in [2.75, 3.05) is 27.9 Å². The molecule has 2 aromatic heterocycles. The van der Waals surface area contributed by atoms with E-state index in [1.807, 2.05) is 85.8 Å². The lowest BCUT2D eigenvalue weighted by molar-refractivity contribution is 0.320. The third-order valence-corrected chi connectivity index (χ3v) is 7.25. The molecule has 0 aliphatic heterocycles. The van der Waals surface area contributed by atoms with Gasteiger partial charge in [0.15, 0.2) is 11.5 Å². The van der Waals surface area contributed by atoms with Gasteiger partial charge >= 0.3 is 0 Å². The average Bonchev–Trinajstić information content (AvgIpc) is 3.63. The number of hydrogen-bond donors (Lipinski definition) is 0. The van der Waals surface area contributed by atoms with Crippen molar-refractivity contribution in [1.82, 2.24) is 4.98 Å². The lowest BCUT2D eigenvalue weighted by Crippen LogP contribution is -2.02. The van der Waals surface area contributed by atoms with Crippen LogP contribution in [0, 0.1) is 6.92 Å². The highest BCUT2D eigenvalue weighted by Gasteiger charge is 2.17. The van der Waals surface area contributed by atoms with Crippen molar-refractivity contribution in [1.29, 1.82) is 0 Å². The second-order valence-electron chi connectivity index (χ2n) is 10.00. The number of aromatic nitrogens is 1. The average molecular weight is 589 g/mol. The highest BCUT2D eigenvalue weighted by atomic mass is 16.5. The monoisotopic (exact) mass is 588 g/mol. The second-order valence-corrected chi connectivity index (χ2v) is 10.00. The van der Waals surface area contributed by atoms with Crippen molar-refractivity contribution in [3.8, 4) is 45.8 Å². The van der Waals surface area contributed by atoms with Crippen LogP contribution in [0.4, 0.5) is 5.69 Å². The summed E-state index contributed by atoms with van der Waals surface area (Å²) < 4.78 is 34.9. The molecule has 8 nitrogen and oxygen atoms in total. The zero-order chi connectivity index (χ0) is 30.5. The molecular weight excluding hydrogens is 556 g/mol. The van der Waals surface area contributed by atoms with Gasteiger partial charge in [-0.15, -0.1) is 0 Å². The van der Waals surface area contributed by atoms with Gasteiger partial charge in [-0.1, -0.05) is 48.5 Å². The van der Waals surface area contributed by atoms with Gasteiger partial charge in [0.25, 0.3) is 0 Å². The van der Waals surface area contributed by atoms with E-state index in [0.717, 1.165) is 33.5 Å². The van der Waals surface area contributed by atoms with Crippen molar-refractivity contribution in [2.24, 2.45) is 4.99 Å². The van der Waals surface area contributed by atoms with Gasteiger partial charge in [0.2, 0.25) is 11.6 Å². The lowest BCUT2D eigenvalue weighted by atomic mass is 10.1. The predicted molar refractivity (Wildman–Crippen MR) is 171 cm³/mol. The molecule has 0 aliphatic carbocycles. The number of fused-ring (bicyclic) bond motifs is 1. The molecule has 0 atom stereocenters. The van der Waals surface area contributed by atoms with E-state index >= 15 is 0 Å². The van der Waals surface area contributed by atoms with E-state index in [-0.39, 0.29) is 0 Å². The van der Waals surface area contributed by atoms with Crippen LogP contribution >= 0.6 is 0 Å². The normalized spacial score (nSPS) is 11.3. The maximum Gasteiger partial charge on any atom is 0.226 e. The number of nitrogens with zero attached hydrogens (tertiary/aromatic N) is 2. The first kappa shape index (κ1) is 28.6. The summed E-state index contributed by atoms with van der Waals surface area (Å²) in [6.45, 7) is 2.37. The SMILES string of the molecule is COc1cc(N=Cc2c(-c3ccccc3)oc3cc(OCCc4nc(-c5ccccc5)oc4C)ccc23)cc(OC)c1OC. The summed E-state index contributed by atoms with van der Waals surface area (Å²) >= 11 is 0. The number of methoxy groups -OCH3 is 3. The van der Waals surface area contributed by atoms with E-state index in [9.17, 15) is 0 Å². The van der Waals surface area contributed by atoms with E-state index in [2.05, 4.69) is 4.98 Å². The number of furan rings is 1. The molecule has 0 saturated heterocycles. The topological polar surface area (TPSA) is 88.5 Å². The Labute approximate surface area is 255 Å². The quantitative estimate of drug-likeness (QED) is 0.140.